The Bertz CT molecular complexity index is 420. The van der Waals surface area contributed by atoms with Crippen molar-refractivity contribution in [3.8, 4) is 0 Å². The number of fused-ring (bicyclic) bond motifs is 1. The first-order valence-corrected chi connectivity index (χ1v) is 5.49. The minimum absolute atomic E-state index is 1.07. The lowest BCUT2D eigenvalue weighted by molar-refractivity contribution is 0.702. The highest BCUT2D eigenvalue weighted by molar-refractivity contribution is 14.1. The molecule has 2 rings (SSSR count). The number of aromatic nitrogens is 2. The molecule has 0 radical (unpaired) electrons. The fourth-order valence-corrected chi connectivity index (χ4v) is 2.31. The van der Waals surface area contributed by atoms with Crippen molar-refractivity contribution in [2.45, 2.75) is 19.9 Å². The molecule has 0 N–H and O–H groups in total. The second kappa shape index (κ2) is 3.65. The van der Waals surface area contributed by atoms with Gasteiger partial charge >= 0.3 is 0 Å². The summed E-state index contributed by atoms with van der Waals surface area (Å²) in [6, 6.07) is 2.07. The van der Waals surface area contributed by atoms with Gasteiger partial charge in [-0.15, -0.1) is 0 Å². The molecule has 0 spiro atoms. The lowest BCUT2D eigenvalue weighted by Gasteiger charge is -2.00. The van der Waals surface area contributed by atoms with Gasteiger partial charge in [0, 0.05) is 27.9 Å². The summed E-state index contributed by atoms with van der Waals surface area (Å²) in [7, 11) is 0. The molecule has 3 heteroatoms. The van der Waals surface area contributed by atoms with E-state index in [-0.39, 0.29) is 0 Å². The van der Waals surface area contributed by atoms with E-state index in [2.05, 4.69) is 51.3 Å². The van der Waals surface area contributed by atoms with Crippen LogP contribution < -0.4 is 0 Å². The van der Waals surface area contributed by atoms with Gasteiger partial charge in [-0.2, -0.15) is 0 Å². The molecule has 0 unspecified atom stereocenters. The normalized spacial score (nSPS) is 10.9. The van der Waals surface area contributed by atoms with E-state index in [1.54, 1.807) is 0 Å². The smallest absolute Gasteiger partial charge is 0.0677 e. The van der Waals surface area contributed by atoms with Gasteiger partial charge < -0.3 is 4.57 Å². The van der Waals surface area contributed by atoms with Gasteiger partial charge in [-0.05, 0) is 35.1 Å². The molecule has 0 atom stereocenters. The summed E-state index contributed by atoms with van der Waals surface area (Å²) in [4.78, 5) is 4.14. The van der Waals surface area contributed by atoms with E-state index in [0.29, 0.717) is 0 Å². The largest absolute Gasteiger partial charge is 0.345 e. The standard InChI is InChI=1S/C10H11IN2/c1-2-5-13-7-9(11)8-3-4-12-6-10(8)13/h3-4,6-7H,2,5H2,1H3. The third kappa shape index (κ3) is 1.57. The van der Waals surface area contributed by atoms with Crippen molar-refractivity contribution in [1.29, 1.82) is 0 Å². The molecule has 0 aliphatic carbocycles. The van der Waals surface area contributed by atoms with Crippen molar-refractivity contribution in [3.63, 3.8) is 0 Å². The Morgan fingerprint density at radius 1 is 1.54 bits per heavy atom. The zero-order valence-corrected chi connectivity index (χ0v) is 9.65. The molecule has 0 bridgehead atoms. The van der Waals surface area contributed by atoms with Crippen LogP contribution in [0, 0.1) is 3.57 Å². The average molecular weight is 286 g/mol. The summed E-state index contributed by atoms with van der Waals surface area (Å²) in [5, 5.41) is 1.31. The van der Waals surface area contributed by atoms with Gasteiger partial charge in [-0.1, -0.05) is 6.92 Å². The predicted octanol–water partition coefficient (Wildman–Crippen LogP) is 3.05. The second-order valence-corrected chi connectivity index (χ2v) is 4.23. The van der Waals surface area contributed by atoms with E-state index in [1.807, 2.05) is 12.4 Å². The van der Waals surface area contributed by atoms with Crippen LogP contribution in [0.4, 0.5) is 0 Å². The van der Waals surface area contributed by atoms with Gasteiger partial charge in [0.05, 0.1) is 11.7 Å². The van der Waals surface area contributed by atoms with Crippen LogP contribution in [-0.4, -0.2) is 9.55 Å². The first-order chi connectivity index (χ1) is 6.33. The van der Waals surface area contributed by atoms with Gasteiger partial charge in [0.2, 0.25) is 0 Å². The summed E-state index contributed by atoms with van der Waals surface area (Å²) in [6.45, 7) is 3.26. The third-order valence-corrected chi connectivity index (χ3v) is 2.96. The van der Waals surface area contributed by atoms with Crippen LogP contribution in [0.25, 0.3) is 10.9 Å². The molecule has 0 aromatic carbocycles. The molecule has 0 aliphatic rings. The Morgan fingerprint density at radius 3 is 3.15 bits per heavy atom. The van der Waals surface area contributed by atoms with E-state index >= 15 is 0 Å². The minimum atomic E-state index is 1.07. The lowest BCUT2D eigenvalue weighted by Crippen LogP contribution is -1.93. The van der Waals surface area contributed by atoms with Crippen LogP contribution in [-0.2, 0) is 6.54 Å². The third-order valence-electron chi connectivity index (χ3n) is 2.10. The number of hydrogen-bond donors (Lipinski definition) is 0. The summed E-state index contributed by atoms with van der Waals surface area (Å²) in [5.74, 6) is 0. The average Bonchev–Trinajstić information content (AvgIpc) is 2.46. The van der Waals surface area contributed by atoms with E-state index in [9.17, 15) is 0 Å². The molecular weight excluding hydrogens is 275 g/mol. The summed E-state index contributed by atoms with van der Waals surface area (Å²) < 4.78 is 3.58. The molecule has 68 valence electrons. The Hall–Kier alpha value is -0.580. The molecule has 2 heterocycles. The molecule has 2 aromatic rings. The predicted molar refractivity (Wildman–Crippen MR) is 62.7 cm³/mol. The van der Waals surface area contributed by atoms with Crippen molar-refractivity contribution in [2.24, 2.45) is 0 Å². The maximum Gasteiger partial charge on any atom is 0.0677 e. The van der Waals surface area contributed by atoms with Crippen LogP contribution >= 0.6 is 22.6 Å². The molecule has 0 saturated carbocycles. The summed E-state index contributed by atoms with van der Waals surface area (Å²) in [6.07, 6.45) is 7.14. The van der Waals surface area contributed by atoms with Crippen LogP contribution in [0.2, 0.25) is 0 Å². The van der Waals surface area contributed by atoms with Gasteiger partial charge in [-0.25, -0.2) is 0 Å². The fourth-order valence-electron chi connectivity index (χ4n) is 1.52. The highest BCUT2D eigenvalue weighted by Gasteiger charge is 2.04. The molecule has 0 amide bonds. The SMILES string of the molecule is CCCn1cc(I)c2ccncc21. The Labute approximate surface area is 91.1 Å². The minimum Gasteiger partial charge on any atom is -0.345 e. The van der Waals surface area contributed by atoms with Crippen molar-refractivity contribution in [1.82, 2.24) is 9.55 Å². The monoisotopic (exact) mass is 286 g/mol. The number of rotatable bonds is 2. The molecule has 2 aromatic heterocycles. The van der Waals surface area contributed by atoms with Crippen LogP contribution in [0.15, 0.2) is 24.7 Å². The summed E-state index contributed by atoms with van der Waals surface area (Å²) in [5.41, 5.74) is 1.24. The first-order valence-electron chi connectivity index (χ1n) is 4.41. The van der Waals surface area contributed by atoms with Crippen molar-refractivity contribution < 1.29 is 0 Å². The molecule has 0 aliphatic heterocycles. The Morgan fingerprint density at radius 2 is 2.38 bits per heavy atom. The van der Waals surface area contributed by atoms with Crippen LogP contribution in [0.5, 0.6) is 0 Å². The maximum atomic E-state index is 4.14. The van der Waals surface area contributed by atoms with Gasteiger partial charge in [0.1, 0.15) is 0 Å². The van der Waals surface area contributed by atoms with Crippen LogP contribution in [0.1, 0.15) is 13.3 Å². The highest BCUT2D eigenvalue weighted by atomic mass is 127. The number of aryl methyl sites for hydroxylation is 1. The van der Waals surface area contributed by atoms with Crippen molar-refractivity contribution >= 4 is 33.5 Å². The number of halogens is 1. The molecule has 13 heavy (non-hydrogen) atoms. The number of nitrogens with zero attached hydrogens (tertiary/aromatic N) is 2. The maximum absolute atomic E-state index is 4.14. The van der Waals surface area contributed by atoms with Crippen LogP contribution in [0.3, 0.4) is 0 Å². The zero-order valence-electron chi connectivity index (χ0n) is 7.50. The van der Waals surface area contributed by atoms with E-state index < -0.39 is 0 Å². The molecule has 0 fully saturated rings. The van der Waals surface area contributed by atoms with E-state index in [0.717, 1.165) is 13.0 Å². The first kappa shape index (κ1) is 8.99. The van der Waals surface area contributed by atoms with Gasteiger partial charge in [-0.3, -0.25) is 4.98 Å². The second-order valence-electron chi connectivity index (χ2n) is 3.06. The quantitative estimate of drug-likeness (QED) is 0.776. The van der Waals surface area contributed by atoms with Crippen molar-refractivity contribution in [2.75, 3.05) is 0 Å². The van der Waals surface area contributed by atoms with E-state index in [1.165, 1.54) is 14.5 Å². The molecule has 0 saturated heterocycles. The lowest BCUT2D eigenvalue weighted by atomic mass is 10.3. The topological polar surface area (TPSA) is 17.8 Å². The Kier molecular flexibility index (Phi) is 2.53. The van der Waals surface area contributed by atoms with E-state index in [4.69, 9.17) is 0 Å². The zero-order chi connectivity index (χ0) is 9.26. The number of pyridine rings is 1. The Balaban J connectivity index is 2.63. The molecule has 2 nitrogen and oxygen atoms in total. The van der Waals surface area contributed by atoms with Crippen molar-refractivity contribution in [3.05, 3.63) is 28.2 Å². The fraction of sp³-hybridized carbons (Fsp3) is 0.300. The summed E-state index contributed by atoms with van der Waals surface area (Å²) >= 11 is 2.37. The number of hydrogen-bond acceptors (Lipinski definition) is 1. The highest BCUT2D eigenvalue weighted by Crippen LogP contribution is 2.21. The van der Waals surface area contributed by atoms with Gasteiger partial charge in [0.15, 0.2) is 0 Å². The van der Waals surface area contributed by atoms with Gasteiger partial charge in [0.25, 0.3) is 0 Å². The molecular formula is C10H11IN2.